The lowest BCUT2D eigenvalue weighted by Crippen LogP contribution is -2.45. The largest absolute Gasteiger partial charge is 0.377 e. The van der Waals surface area contributed by atoms with E-state index in [0.29, 0.717) is 11.5 Å². The summed E-state index contributed by atoms with van der Waals surface area (Å²) in [6.45, 7) is 9.55. The Bertz CT molecular complexity index is 272. The zero-order chi connectivity index (χ0) is 12.4. The normalized spacial score (nSPS) is 38.2. The van der Waals surface area contributed by atoms with Crippen molar-refractivity contribution in [1.82, 2.24) is 10.2 Å². The zero-order valence-electron chi connectivity index (χ0n) is 11.8. The maximum absolute atomic E-state index is 6.08. The van der Waals surface area contributed by atoms with Crippen molar-refractivity contribution in [3.8, 4) is 0 Å². The van der Waals surface area contributed by atoms with E-state index in [9.17, 15) is 0 Å². The lowest BCUT2D eigenvalue weighted by molar-refractivity contribution is -0.0134. The third kappa shape index (κ3) is 3.46. The molecule has 0 radical (unpaired) electrons. The summed E-state index contributed by atoms with van der Waals surface area (Å²) < 4.78 is 6.08. The summed E-state index contributed by atoms with van der Waals surface area (Å²) in [5.41, 5.74) is 0.498. The minimum atomic E-state index is 0.498. The molecule has 3 fully saturated rings. The Labute approximate surface area is 111 Å². The smallest absolute Gasteiger partial charge is 0.0702 e. The van der Waals surface area contributed by atoms with Gasteiger partial charge in [0.05, 0.1) is 6.10 Å². The van der Waals surface area contributed by atoms with Gasteiger partial charge in [-0.2, -0.15) is 0 Å². The van der Waals surface area contributed by atoms with Crippen LogP contribution in [0.25, 0.3) is 0 Å². The number of piperidine rings is 1. The van der Waals surface area contributed by atoms with Crippen LogP contribution in [-0.4, -0.2) is 50.3 Å². The van der Waals surface area contributed by atoms with Crippen LogP contribution in [-0.2, 0) is 4.74 Å². The molecule has 3 rings (SSSR count). The predicted molar refractivity (Wildman–Crippen MR) is 73.7 cm³/mol. The summed E-state index contributed by atoms with van der Waals surface area (Å²) in [6, 6.07) is 0. The molecule has 0 aromatic heterocycles. The van der Waals surface area contributed by atoms with Gasteiger partial charge < -0.3 is 15.0 Å². The highest BCUT2D eigenvalue weighted by atomic mass is 16.5. The van der Waals surface area contributed by atoms with Crippen LogP contribution in [0.15, 0.2) is 0 Å². The lowest BCUT2D eigenvalue weighted by Gasteiger charge is -2.37. The van der Waals surface area contributed by atoms with Gasteiger partial charge >= 0.3 is 0 Å². The Morgan fingerprint density at radius 2 is 2.22 bits per heavy atom. The average molecular weight is 252 g/mol. The lowest BCUT2D eigenvalue weighted by atomic mass is 9.88. The molecular weight excluding hydrogens is 224 g/mol. The molecule has 3 aliphatic rings. The fourth-order valence-electron chi connectivity index (χ4n) is 3.39. The van der Waals surface area contributed by atoms with Gasteiger partial charge in [-0.05, 0) is 56.5 Å². The van der Waals surface area contributed by atoms with Crippen LogP contribution >= 0.6 is 0 Å². The summed E-state index contributed by atoms with van der Waals surface area (Å²) in [4.78, 5) is 2.65. The molecule has 0 aromatic rings. The van der Waals surface area contributed by atoms with Crippen LogP contribution in [0.1, 0.15) is 39.0 Å². The molecule has 3 heteroatoms. The summed E-state index contributed by atoms with van der Waals surface area (Å²) in [7, 11) is 0. The monoisotopic (exact) mass is 252 g/mol. The van der Waals surface area contributed by atoms with E-state index < -0.39 is 0 Å². The SMILES string of the molecule is CC1(CN2CCCC(OCC3CC3)C2)CCNC1. The van der Waals surface area contributed by atoms with Crippen molar-refractivity contribution in [3.63, 3.8) is 0 Å². The Hall–Kier alpha value is -0.120. The molecule has 0 bridgehead atoms. The van der Waals surface area contributed by atoms with Crippen LogP contribution in [0.2, 0.25) is 0 Å². The summed E-state index contributed by atoms with van der Waals surface area (Å²) in [5, 5.41) is 3.50. The van der Waals surface area contributed by atoms with Gasteiger partial charge in [-0.1, -0.05) is 6.92 Å². The van der Waals surface area contributed by atoms with Gasteiger partial charge in [-0.3, -0.25) is 0 Å². The third-order valence-electron chi connectivity index (χ3n) is 4.79. The molecule has 1 saturated carbocycles. The molecule has 2 unspecified atom stereocenters. The molecule has 0 amide bonds. The molecule has 3 nitrogen and oxygen atoms in total. The van der Waals surface area contributed by atoms with Gasteiger partial charge in [0.1, 0.15) is 0 Å². The third-order valence-corrected chi connectivity index (χ3v) is 4.79. The van der Waals surface area contributed by atoms with Crippen LogP contribution in [0.5, 0.6) is 0 Å². The molecule has 1 aliphatic carbocycles. The first-order valence-electron chi connectivity index (χ1n) is 7.78. The van der Waals surface area contributed by atoms with Gasteiger partial charge in [0.15, 0.2) is 0 Å². The van der Waals surface area contributed by atoms with Crippen LogP contribution < -0.4 is 5.32 Å². The topological polar surface area (TPSA) is 24.5 Å². The number of hydrogen-bond acceptors (Lipinski definition) is 3. The Morgan fingerprint density at radius 1 is 1.33 bits per heavy atom. The molecule has 1 N–H and O–H groups in total. The Kier molecular flexibility index (Phi) is 3.92. The molecule has 2 saturated heterocycles. The fourth-order valence-corrected chi connectivity index (χ4v) is 3.39. The second-order valence-corrected chi connectivity index (χ2v) is 7.01. The average Bonchev–Trinajstić information content (AvgIpc) is 3.09. The Morgan fingerprint density at radius 3 is 2.94 bits per heavy atom. The number of ether oxygens (including phenoxy) is 1. The minimum Gasteiger partial charge on any atom is -0.377 e. The Balaban J connectivity index is 1.43. The second kappa shape index (κ2) is 5.48. The van der Waals surface area contributed by atoms with E-state index in [1.807, 2.05) is 0 Å². The highest BCUT2D eigenvalue weighted by Gasteiger charge is 2.33. The molecule has 18 heavy (non-hydrogen) atoms. The van der Waals surface area contributed by atoms with Crippen molar-refractivity contribution in [2.75, 3.05) is 39.3 Å². The zero-order valence-corrected chi connectivity index (χ0v) is 11.8. The predicted octanol–water partition coefficient (Wildman–Crippen LogP) is 1.88. The van der Waals surface area contributed by atoms with Crippen molar-refractivity contribution < 1.29 is 4.74 Å². The highest BCUT2D eigenvalue weighted by molar-refractivity contribution is 4.88. The van der Waals surface area contributed by atoms with Crippen molar-refractivity contribution in [2.45, 2.75) is 45.1 Å². The number of nitrogens with one attached hydrogen (secondary N) is 1. The van der Waals surface area contributed by atoms with E-state index in [4.69, 9.17) is 4.74 Å². The van der Waals surface area contributed by atoms with Gasteiger partial charge in [0.25, 0.3) is 0 Å². The van der Waals surface area contributed by atoms with E-state index in [0.717, 1.165) is 12.5 Å². The fraction of sp³-hybridized carbons (Fsp3) is 1.00. The van der Waals surface area contributed by atoms with Gasteiger partial charge in [0.2, 0.25) is 0 Å². The van der Waals surface area contributed by atoms with E-state index in [2.05, 4.69) is 17.1 Å². The van der Waals surface area contributed by atoms with Crippen molar-refractivity contribution in [2.24, 2.45) is 11.3 Å². The van der Waals surface area contributed by atoms with Crippen molar-refractivity contribution >= 4 is 0 Å². The van der Waals surface area contributed by atoms with Gasteiger partial charge in [-0.25, -0.2) is 0 Å². The summed E-state index contributed by atoms with van der Waals surface area (Å²) >= 11 is 0. The number of nitrogens with zero attached hydrogens (tertiary/aromatic N) is 1. The molecule has 104 valence electrons. The minimum absolute atomic E-state index is 0.498. The molecular formula is C15H28N2O. The molecule has 2 heterocycles. The highest BCUT2D eigenvalue weighted by Crippen LogP contribution is 2.31. The first-order valence-corrected chi connectivity index (χ1v) is 7.78. The molecule has 0 spiro atoms. The van der Waals surface area contributed by atoms with E-state index in [1.54, 1.807) is 0 Å². The molecule has 0 aromatic carbocycles. The second-order valence-electron chi connectivity index (χ2n) is 7.01. The molecule has 2 atom stereocenters. The quantitative estimate of drug-likeness (QED) is 0.808. The van der Waals surface area contributed by atoms with E-state index >= 15 is 0 Å². The van der Waals surface area contributed by atoms with Crippen LogP contribution in [0.4, 0.5) is 0 Å². The van der Waals surface area contributed by atoms with Gasteiger partial charge in [0, 0.05) is 26.2 Å². The number of hydrogen-bond donors (Lipinski definition) is 1. The summed E-state index contributed by atoms with van der Waals surface area (Å²) in [6.07, 6.45) is 7.24. The number of likely N-dealkylation sites (tertiary alicyclic amines) is 1. The number of rotatable bonds is 5. The molecule has 2 aliphatic heterocycles. The maximum atomic E-state index is 6.08. The standard InChI is InChI=1S/C15H28N2O/c1-15(6-7-16-11-15)12-17-8-2-3-14(9-17)18-10-13-4-5-13/h13-14,16H,2-12H2,1H3. The van der Waals surface area contributed by atoms with E-state index in [1.165, 1.54) is 64.8 Å². The summed E-state index contributed by atoms with van der Waals surface area (Å²) in [5.74, 6) is 0.900. The van der Waals surface area contributed by atoms with Crippen LogP contribution in [0.3, 0.4) is 0 Å². The van der Waals surface area contributed by atoms with Crippen molar-refractivity contribution in [3.05, 3.63) is 0 Å². The first kappa shape index (κ1) is 12.9. The van der Waals surface area contributed by atoms with Crippen molar-refractivity contribution in [1.29, 1.82) is 0 Å². The maximum Gasteiger partial charge on any atom is 0.0702 e. The van der Waals surface area contributed by atoms with Crippen LogP contribution in [0, 0.1) is 11.3 Å². The first-order chi connectivity index (χ1) is 8.73. The van der Waals surface area contributed by atoms with E-state index in [-0.39, 0.29) is 0 Å². The van der Waals surface area contributed by atoms with Gasteiger partial charge in [-0.15, -0.1) is 0 Å².